The first-order valence-electron chi connectivity index (χ1n) is 3.47. The number of hydrogen-bond acceptors (Lipinski definition) is 4. The molecular formula is C7H7BrN2O3. The largest absolute Gasteiger partial charge is 0.479 e. The second kappa shape index (κ2) is 4.29. The molecule has 1 aromatic heterocycles. The van der Waals surface area contributed by atoms with Gasteiger partial charge in [0.25, 0.3) is 0 Å². The Kier molecular flexibility index (Phi) is 3.32. The summed E-state index contributed by atoms with van der Waals surface area (Å²) in [4.78, 5) is 17.9. The molecule has 0 aliphatic heterocycles. The van der Waals surface area contributed by atoms with Gasteiger partial charge in [-0.2, -0.15) is 0 Å². The zero-order valence-corrected chi connectivity index (χ0v) is 8.10. The van der Waals surface area contributed by atoms with Gasteiger partial charge >= 0.3 is 5.97 Å². The first-order chi connectivity index (χ1) is 6.09. The van der Waals surface area contributed by atoms with Crippen molar-refractivity contribution >= 4 is 21.9 Å². The van der Waals surface area contributed by atoms with Gasteiger partial charge in [-0.1, -0.05) is 0 Å². The summed E-state index contributed by atoms with van der Waals surface area (Å²) in [5.41, 5.74) is 0. The van der Waals surface area contributed by atoms with E-state index in [2.05, 4.69) is 25.9 Å². The molecule has 0 fully saturated rings. The van der Waals surface area contributed by atoms with Crippen molar-refractivity contribution in [3.05, 3.63) is 22.7 Å². The third-order valence-electron chi connectivity index (χ3n) is 1.33. The first kappa shape index (κ1) is 10.1. The average molecular weight is 247 g/mol. The van der Waals surface area contributed by atoms with Gasteiger partial charge in [0, 0.05) is 18.8 Å². The highest BCUT2D eigenvalue weighted by atomic mass is 79.9. The molecule has 1 unspecified atom stereocenters. The van der Waals surface area contributed by atoms with Crippen molar-refractivity contribution in [2.24, 2.45) is 0 Å². The Labute approximate surface area is 82.6 Å². The van der Waals surface area contributed by atoms with Gasteiger partial charge in [-0.3, -0.25) is 0 Å². The van der Waals surface area contributed by atoms with E-state index in [1.54, 1.807) is 0 Å². The van der Waals surface area contributed by atoms with Crippen LogP contribution in [0, 0.1) is 0 Å². The fraction of sp³-hybridized carbons (Fsp3) is 0.286. The molecule has 0 aliphatic carbocycles. The maximum atomic E-state index is 10.3. The van der Waals surface area contributed by atoms with Crippen LogP contribution in [0.5, 0.6) is 0 Å². The van der Waals surface area contributed by atoms with Gasteiger partial charge in [0.1, 0.15) is 5.82 Å². The molecule has 0 aliphatic rings. The quantitative estimate of drug-likeness (QED) is 0.798. The molecule has 0 saturated heterocycles. The first-order valence-corrected chi connectivity index (χ1v) is 4.26. The fourth-order valence-corrected chi connectivity index (χ4v) is 0.909. The minimum Gasteiger partial charge on any atom is -0.479 e. The van der Waals surface area contributed by atoms with Crippen LogP contribution < -0.4 is 0 Å². The lowest BCUT2D eigenvalue weighted by Gasteiger charge is -2.02. The summed E-state index contributed by atoms with van der Waals surface area (Å²) in [5, 5.41) is 17.3. The summed E-state index contributed by atoms with van der Waals surface area (Å²) in [5.74, 6) is -0.968. The number of rotatable bonds is 3. The number of aromatic nitrogens is 2. The van der Waals surface area contributed by atoms with Gasteiger partial charge in [0.2, 0.25) is 0 Å². The average Bonchev–Trinajstić information content (AvgIpc) is 2.08. The van der Waals surface area contributed by atoms with Crippen molar-refractivity contribution in [1.29, 1.82) is 0 Å². The molecule has 0 radical (unpaired) electrons. The van der Waals surface area contributed by atoms with Crippen LogP contribution in [0.1, 0.15) is 5.82 Å². The van der Waals surface area contributed by atoms with Crippen LogP contribution in [0.2, 0.25) is 0 Å². The van der Waals surface area contributed by atoms with Gasteiger partial charge in [-0.25, -0.2) is 14.8 Å². The molecule has 1 heterocycles. The van der Waals surface area contributed by atoms with Crippen LogP contribution in [0.3, 0.4) is 0 Å². The van der Waals surface area contributed by atoms with Crippen LogP contribution in [0.4, 0.5) is 0 Å². The summed E-state index contributed by atoms with van der Waals surface area (Å²) in [7, 11) is 0. The molecule has 1 rings (SSSR count). The number of aliphatic carboxylic acids is 1. The molecule has 2 N–H and O–H groups in total. The Bertz CT molecular complexity index is 301. The monoisotopic (exact) mass is 246 g/mol. The third-order valence-corrected chi connectivity index (χ3v) is 1.74. The zero-order chi connectivity index (χ0) is 9.84. The van der Waals surface area contributed by atoms with E-state index in [0.29, 0.717) is 10.3 Å². The zero-order valence-electron chi connectivity index (χ0n) is 6.51. The molecule has 13 heavy (non-hydrogen) atoms. The van der Waals surface area contributed by atoms with Crippen molar-refractivity contribution in [2.45, 2.75) is 12.5 Å². The maximum absolute atomic E-state index is 10.3. The van der Waals surface area contributed by atoms with E-state index in [9.17, 15) is 4.79 Å². The van der Waals surface area contributed by atoms with Gasteiger partial charge in [0.05, 0.1) is 4.47 Å². The highest BCUT2D eigenvalue weighted by Gasteiger charge is 2.14. The van der Waals surface area contributed by atoms with Crippen LogP contribution in [-0.2, 0) is 11.2 Å². The van der Waals surface area contributed by atoms with Crippen molar-refractivity contribution in [2.75, 3.05) is 0 Å². The number of carboxylic acid groups (broad SMARTS) is 1. The Hall–Kier alpha value is -1.01. The SMILES string of the molecule is O=C(O)C(O)Cc1ncc(Br)cn1. The number of aliphatic hydroxyl groups is 1. The molecule has 1 atom stereocenters. The number of carbonyl (C=O) groups is 1. The molecule has 0 aromatic carbocycles. The third kappa shape index (κ3) is 3.08. The summed E-state index contributed by atoms with van der Waals surface area (Å²) in [6.07, 6.45) is 1.47. The second-order valence-electron chi connectivity index (χ2n) is 2.38. The van der Waals surface area contributed by atoms with Crippen LogP contribution >= 0.6 is 15.9 Å². The van der Waals surface area contributed by atoms with E-state index in [-0.39, 0.29) is 6.42 Å². The van der Waals surface area contributed by atoms with Gasteiger partial charge in [0.15, 0.2) is 6.10 Å². The van der Waals surface area contributed by atoms with E-state index < -0.39 is 12.1 Å². The maximum Gasteiger partial charge on any atom is 0.332 e. The summed E-state index contributed by atoms with van der Waals surface area (Å²) in [6, 6.07) is 0. The van der Waals surface area contributed by atoms with Gasteiger partial charge < -0.3 is 10.2 Å². The Morgan fingerprint density at radius 1 is 1.54 bits per heavy atom. The van der Waals surface area contributed by atoms with Crippen molar-refractivity contribution in [3.8, 4) is 0 Å². The van der Waals surface area contributed by atoms with E-state index >= 15 is 0 Å². The highest BCUT2D eigenvalue weighted by molar-refractivity contribution is 9.10. The molecular weight excluding hydrogens is 240 g/mol. The lowest BCUT2D eigenvalue weighted by atomic mass is 10.2. The molecule has 5 nitrogen and oxygen atoms in total. The Morgan fingerprint density at radius 2 is 2.08 bits per heavy atom. The normalized spacial score (nSPS) is 12.5. The number of aliphatic hydroxyl groups excluding tert-OH is 1. The van der Waals surface area contributed by atoms with Crippen molar-refractivity contribution < 1.29 is 15.0 Å². The standard InChI is InChI=1S/C7H7BrN2O3/c8-4-2-9-6(10-3-4)1-5(11)7(12)13/h2-3,5,11H,1H2,(H,12,13). The molecule has 70 valence electrons. The Balaban J connectivity index is 2.64. The molecule has 0 saturated carbocycles. The number of nitrogens with zero attached hydrogens (tertiary/aromatic N) is 2. The lowest BCUT2D eigenvalue weighted by molar-refractivity contribution is -0.146. The predicted octanol–water partition coefficient (Wildman–Crippen LogP) is 0.227. The van der Waals surface area contributed by atoms with Crippen LogP contribution in [-0.4, -0.2) is 32.3 Å². The Morgan fingerprint density at radius 3 is 2.54 bits per heavy atom. The summed E-state index contributed by atoms with van der Waals surface area (Å²) >= 11 is 3.14. The number of hydrogen-bond donors (Lipinski definition) is 2. The van der Waals surface area contributed by atoms with E-state index in [1.807, 2.05) is 0 Å². The van der Waals surface area contributed by atoms with E-state index in [0.717, 1.165) is 0 Å². The summed E-state index contributed by atoms with van der Waals surface area (Å²) < 4.78 is 0.709. The van der Waals surface area contributed by atoms with E-state index in [4.69, 9.17) is 10.2 Å². The fourth-order valence-electron chi connectivity index (χ4n) is 0.705. The molecule has 1 aromatic rings. The van der Waals surface area contributed by atoms with Gasteiger partial charge in [-0.15, -0.1) is 0 Å². The van der Waals surface area contributed by atoms with Gasteiger partial charge in [-0.05, 0) is 15.9 Å². The lowest BCUT2D eigenvalue weighted by Crippen LogP contribution is -2.23. The van der Waals surface area contributed by atoms with Crippen LogP contribution in [0.15, 0.2) is 16.9 Å². The van der Waals surface area contributed by atoms with Crippen molar-refractivity contribution in [3.63, 3.8) is 0 Å². The van der Waals surface area contributed by atoms with Crippen molar-refractivity contribution in [1.82, 2.24) is 9.97 Å². The number of halogens is 1. The second-order valence-corrected chi connectivity index (χ2v) is 3.29. The number of carboxylic acids is 1. The molecule has 6 heteroatoms. The minimum atomic E-state index is -1.44. The molecule has 0 amide bonds. The predicted molar refractivity (Wildman–Crippen MR) is 47.1 cm³/mol. The highest BCUT2D eigenvalue weighted by Crippen LogP contribution is 2.05. The topological polar surface area (TPSA) is 83.3 Å². The molecule has 0 spiro atoms. The molecule has 0 bridgehead atoms. The minimum absolute atomic E-state index is 0.0807. The van der Waals surface area contributed by atoms with E-state index in [1.165, 1.54) is 12.4 Å². The smallest absolute Gasteiger partial charge is 0.332 e. The summed E-state index contributed by atoms with van der Waals surface area (Å²) in [6.45, 7) is 0. The van der Waals surface area contributed by atoms with Crippen LogP contribution in [0.25, 0.3) is 0 Å².